The van der Waals surface area contributed by atoms with Gasteiger partial charge in [0.05, 0.1) is 12.8 Å². The average molecular weight is 212 g/mol. The number of esters is 1. The second-order valence-electron chi connectivity index (χ2n) is 3.50. The Hall–Kier alpha value is -1.36. The Morgan fingerprint density at radius 2 is 2.33 bits per heavy atom. The van der Waals surface area contributed by atoms with E-state index in [0.717, 1.165) is 0 Å². The van der Waals surface area contributed by atoms with Crippen LogP contribution in [0.2, 0.25) is 0 Å². The lowest BCUT2D eigenvalue weighted by Gasteiger charge is -2.07. The Bertz CT molecular complexity index is 333. The van der Waals surface area contributed by atoms with Crippen LogP contribution in [0.1, 0.15) is 38.5 Å². The zero-order valence-corrected chi connectivity index (χ0v) is 9.17. The van der Waals surface area contributed by atoms with E-state index in [-0.39, 0.29) is 12.6 Å². The van der Waals surface area contributed by atoms with Crippen molar-refractivity contribution in [3.8, 4) is 0 Å². The number of aliphatic hydroxyl groups is 1. The zero-order valence-electron chi connectivity index (χ0n) is 9.17. The van der Waals surface area contributed by atoms with Crippen LogP contribution in [0.5, 0.6) is 0 Å². The van der Waals surface area contributed by atoms with Crippen molar-refractivity contribution >= 4 is 5.97 Å². The molecule has 0 radical (unpaired) electrons. The van der Waals surface area contributed by atoms with Gasteiger partial charge in [0, 0.05) is 17.8 Å². The number of aliphatic hydroxyl groups excluding tert-OH is 1. The van der Waals surface area contributed by atoms with E-state index in [1.165, 1.54) is 6.20 Å². The summed E-state index contributed by atoms with van der Waals surface area (Å²) in [6, 6.07) is 0.202. The van der Waals surface area contributed by atoms with Gasteiger partial charge in [-0.3, -0.25) is 4.68 Å². The van der Waals surface area contributed by atoms with Crippen LogP contribution in [0, 0.1) is 0 Å². The maximum absolute atomic E-state index is 11.2. The molecule has 1 N–H and O–H groups in total. The van der Waals surface area contributed by atoms with E-state index in [0.29, 0.717) is 5.56 Å². The maximum Gasteiger partial charge on any atom is 0.339 e. The molecule has 1 atom stereocenters. The molecule has 84 valence electrons. The molecule has 1 unspecified atom stereocenters. The summed E-state index contributed by atoms with van der Waals surface area (Å²) in [4.78, 5) is 11.2. The van der Waals surface area contributed by atoms with Crippen molar-refractivity contribution < 1.29 is 14.6 Å². The predicted molar refractivity (Wildman–Crippen MR) is 54.2 cm³/mol. The summed E-state index contributed by atoms with van der Waals surface area (Å²) in [7, 11) is 0. The van der Waals surface area contributed by atoms with Gasteiger partial charge in [-0.1, -0.05) is 0 Å². The number of nitrogens with zero attached hydrogens (tertiary/aromatic N) is 2. The summed E-state index contributed by atoms with van der Waals surface area (Å²) in [5.41, 5.74) is 0.460. The average Bonchev–Trinajstić information content (AvgIpc) is 2.65. The van der Waals surface area contributed by atoms with Crippen LogP contribution < -0.4 is 0 Å². The number of hydrogen-bond acceptors (Lipinski definition) is 4. The maximum atomic E-state index is 11.2. The van der Waals surface area contributed by atoms with E-state index in [4.69, 9.17) is 4.74 Å². The topological polar surface area (TPSA) is 64.3 Å². The number of rotatable bonds is 4. The minimum atomic E-state index is -1.24. The highest BCUT2D eigenvalue weighted by molar-refractivity contribution is 5.75. The number of carbonyl (C=O) groups excluding carboxylic acids is 1. The standard InChI is InChI=1S/C10H16N2O3/c1-4-15-10(14)9(13)8-5-11-12(6-8)7(2)3/h5-7,9,13H,4H2,1-3H3. The van der Waals surface area contributed by atoms with Gasteiger partial charge >= 0.3 is 5.97 Å². The van der Waals surface area contributed by atoms with Gasteiger partial charge in [0.25, 0.3) is 0 Å². The molecule has 0 aliphatic carbocycles. The molecule has 0 aliphatic heterocycles. The van der Waals surface area contributed by atoms with Crippen molar-refractivity contribution in [2.45, 2.75) is 32.9 Å². The van der Waals surface area contributed by atoms with E-state index in [1.54, 1.807) is 17.8 Å². The van der Waals surface area contributed by atoms with Crippen LogP contribution in [-0.2, 0) is 9.53 Å². The Morgan fingerprint density at radius 3 is 2.80 bits per heavy atom. The van der Waals surface area contributed by atoms with E-state index in [1.807, 2.05) is 13.8 Å². The lowest BCUT2D eigenvalue weighted by atomic mass is 10.2. The molecule has 0 saturated heterocycles. The lowest BCUT2D eigenvalue weighted by Crippen LogP contribution is -2.14. The van der Waals surface area contributed by atoms with Gasteiger partial charge in [0.1, 0.15) is 0 Å². The third kappa shape index (κ3) is 2.79. The molecule has 0 fully saturated rings. The molecule has 0 spiro atoms. The molecule has 1 aromatic rings. The summed E-state index contributed by atoms with van der Waals surface area (Å²) >= 11 is 0. The van der Waals surface area contributed by atoms with Crippen LogP contribution in [-0.4, -0.2) is 27.5 Å². The molecule has 0 aromatic carbocycles. The summed E-state index contributed by atoms with van der Waals surface area (Å²) in [5, 5.41) is 13.6. The highest BCUT2D eigenvalue weighted by Gasteiger charge is 2.20. The van der Waals surface area contributed by atoms with E-state index in [2.05, 4.69) is 5.10 Å². The summed E-state index contributed by atoms with van der Waals surface area (Å²) in [5.74, 6) is -0.638. The number of ether oxygens (including phenoxy) is 1. The van der Waals surface area contributed by atoms with Gasteiger partial charge in [0.2, 0.25) is 0 Å². The van der Waals surface area contributed by atoms with Crippen molar-refractivity contribution in [3.05, 3.63) is 18.0 Å². The SMILES string of the molecule is CCOC(=O)C(O)c1cnn(C(C)C)c1. The van der Waals surface area contributed by atoms with Crippen LogP contribution >= 0.6 is 0 Å². The fourth-order valence-electron chi connectivity index (χ4n) is 1.13. The molecule has 1 heterocycles. The Morgan fingerprint density at radius 1 is 1.67 bits per heavy atom. The normalized spacial score (nSPS) is 12.9. The molecule has 5 heteroatoms. The Balaban J connectivity index is 2.73. The second kappa shape index (κ2) is 4.93. The zero-order chi connectivity index (χ0) is 11.4. The fourth-order valence-corrected chi connectivity index (χ4v) is 1.13. The third-order valence-electron chi connectivity index (χ3n) is 1.98. The summed E-state index contributed by atoms with van der Waals surface area (Å²) in [6.45, 7) is 5.89. The number of hydrogen-bond donors (Lipinski definition) is 1. The molecule has 15 heavy (non-hydrogen) atoms. The van der Waals surface area contributed by atoms with Crippen molar-refractivity contribution in [1.82, 2.24) is 9.78 Å². The molecule has 1 rings (SSSR count). The van der Waals surface area contributed by atoms with Crippen LogP contribution in [0.15, 0.2) is 12.4 Å². The van der Waals surface area contributed by atoms with Gasteiger partial charge in [0.15, 0.2) is 6.10 Å². The summed E-state index contributed by atoms with van der Waals surface area (Å²) < 4.78 is 6.38. The monoisotopic (exact) mass is 212 g/mol. The molecule has 0 aliphatic rings. The molecule has 0 amide bonds. The van der Waals surface area contributed by atoms with Crippen molar-refractivity contribution in [3.63, 3.8) is 0 Å². The first kappa shape index (κ1) is 11.7. The van der Waals surface area contributed by atoms with Crippen molar-refractivity contribution in [2.75, 3.05) is 6.61 Å². The second-order valence-corrected chi connectivity index (χ2v) is 3.50. The van der Waals surface area contributed by atoms with Crippen LogP contribution in [0.25, 0.3) is 0 Å². The Labute approximate surface area is 88.7 Å². The van der Waals surface area contributed by atoms with Gasteiger partial charge in [-0.2, -0.15) is 5.10 Å². The largest absolute Gasteiger partial charge is 0.464 e. The van der Waals surface area contributed by atoms with Gasteiger partial charge in [-0.15, -0.1) is 0 Å². The lowest BCUT2D eigenvalue weighted by molar-refractivity contribution is -0.153. The minimum absolute atomic E-state index is 0.202. The number of carbonyl (C=O) groups is 1. The quantitative estimate of drug-likeness (QED) is 0.758. The van der Waals surface area contributed by atoms with Gasteiger partial charge in [-0.05, 0) is 20.8 Å². The molecule has 1 aromatic heterocycles. The first-order chi connectivity index (χ1) is 7.06. The fraction of sp³-hybridized carbons (Fsp3) is 0.600. The highest BCUT2D eigenvalue weighted by atomic mass is 16.5. The molecular formula is C10H16N2O3. The minimum Gasteiger partial charge on any atom is -0.464 e. The number of aromatic nitrogens is 2. The molecule has 0 bridgehead atoms. The van der Waals surface area contributed by atoms with Crippen LogP contribution in [0.3, 0.4) is 0 Å². The third-order valence-corrected chi connectivity index (χ3v) is 1.98. The first-order valence-electron chi connectivity index (χ1n) is 4.95. The molecule has 5 nitrogen and oxygen atoms in total. The molecular weight excluding hydrogens is 196 g/mol. The van der Waals surface area contributed by atoms with Gasteiger partial charge < -0.3 is 9.84 Å². The Kier molecular flexibility index (Phi) is 3.85. The predicted octanol–water partition coefficient (Wildman–Crippen LogP) is 1.06. The van der Waals surface area contributed by atoms with E-state index < -0.39 is 12.1 Å². The smallest absolute Gasteiger partial charge is 0.339 e. The van der Waals surface area contributed by atoms with Gasteiger partial charge in [-0.25, -0.2) is 4.79 Å². The summed E-state index contributed by atoms with van der Waals surface area (Å²) in [6.07, 6.45) is 1.88. The van der Waals surface area contributed by atoms with E-state index in [9.17, 15) is 9.90 Å². The van der Waals surface area contributed by atoms with E-state index >= 15 is 0 Å². The molecule has 0 saturated carbocycles. The van der Waals surface area contributed by atoms with Crippen LogP contribution in [0.4, 0.5) is 0 Å². The van der Waals surface area contributed by atoms with Crippen molar-refractivity contribution in [1.29, 1.82) is 0 Å². The highest BCUT2D eigenvalue weighted by Crippen LogP contribution is 2.15. The first-order valence-corrected chi connectivity index (χ1v) is 4.95. The van der Waals surface area contributed by atoms with Crippen molar-refractivity contribution in [2.24, 2.45) is 0 Å².